The number of amides is 1. The lowest BCUT2D eigenvalue weighted by atomic mass is 9.74. The van der Waals surface area contributed by atoms with Gasteiger partial charge >= 0.3 is 0 Å². The Hall–Kier alpha value is -2.05. The van der Waals surface area contributed by atoms with Gasteiger partial charge in [-0.3, -0.25) is 4.79 Å². The van der Waals surface area contributed by atoms with Gasteiger partial charge in [-0.15, -0.1) is 0 Å². The van der Waals surface area contributed by atoms with Crippen LogP contribution in [0.15, 0.2) is 46.9 Å². The van der Waals surface area contributed by atoms with Crippen molar-refractivity contribution in [2.75, 3.05) is 26.4 Å². The Labute approximate surface area is 167 Å². The number of ether oxygens (including phenoxy) is 2. The van der Waals surface area contributed by atoms with Crippen molar-refractivity contribution < 1.29 is 19.4 Å². The Morgan fingerprint density at radius 2 is 1.93 bits per heavy atom. The monoisotopic (exact) mass is 433 g/mol. The predicted octanol–water partition coefficient (Wildman–Crippen LogP) is 4.03. The van der Waals surface area contributed by atoms with Gasteiger partial charge in [0.05, 0.1) is 12.2 Å². The van der Waals surface area contributed by atoms with Crippen molar-refractivity contribution in [1.82, 2.24) is 5.32 Å². The molecule has 2 aromatic carbocycles. The topological polar surface area (TPSA) is 67.8 Å². The fraction of sp³-hybridized carbons (Fsp3) is 0.381. The molecule has 1 saturated heterocycles. The molecule has 144 valence electrons. The third-order valence-corrected chi connectivity index (χ3v) is 5.51. The van der Waals surface area contributed by atoms with E-state index in [1.54, 1.807) is 12.1 Å². The molecule has 2 aromatic rings. The largest absolute Gasteiger partial charge is 0.507 e. The van der Waals surface area contributed by atoms with Crippen LogP contribution in [0.1, 0.15) is 35.7 Å². The maximum atomic E-state index is 12.6. The highest BCUT2D eigenvalue weighted by atomic mass is 79.9. The number of benzene rings is 2. The minimum atomic E-state index is -0.286. The number of carbonyl (C=O) groups excluding carboxylic acids is 1. The smallest absolute Gasteiger partial charge is 0.255 e. The van der Waals surface area contributed by atoms with Crippen LogP contribution >= 0.6 is 15.9 Å². The predicted molar refractivity (Wildman–Crippen MR) is 107 cm³/mol. The van der Waals surface area contributed by atoms with Gasteiger partial charge in [-0.2, -0.15) is 0 Å². The summed E-state index contributed by atoms with van der Waals surface area (Å²) in [6.07, 6.45) is 1.65. The van der Waals surface area contributed by atoms with E-state index in [0.29, 0.717) is 26.4 Å². The lowest BCUT2D eigenvalue weighted by molar-refractivity contribution is 0.0486. The van der Waals surface area contributed by atoms with Crippen LogP contribution in [-0.2, 0) is 10.2 Å². The number of phenols is 1. The van der Waals surface area contributed by atoms with E-state index in [4.69, 9.17) is 9.47 Å². The van der Waals surface area contributed by atoms with Crippen molar-refractivity contribution >= 4 is 21.8 Å². The summed E-state index contributed by atoms with van der Waals surface area (Å²) < 4.78 is 11.8. The molecule has 1 amide bonds. The number of phenolic OH excluding ortho intramolecular Hbond substituents is 1. The highest BCUT2D eigenvalue weighted by molar-refractivity contribution is 9.10. The lowest BCUT2D eigenvalue weighted by Gasteiger charge is -2.38. The third-order valence-electron chi connectivity index (χ3n) is 5.02. The van der Waals surface area contributed by atoms with E-state index in [1.165, 1.54) is 6.07 Å². The first-order valence-electron chi connectivity index (χ1n) is 9.12. The summed E-state index contributed by atoms with van der Waals surface area (Å²) in [6.45, 7) is 4.39. The highest BCUT2D eigenvalue weighted by Gasteiger charge is 2.35. The number of halogens is 1. The van der Waals surface area contributed by atoms with Crippen molar-refractivity contribution in [3.8, 4) is 11.5 Å². The quantitative estimate of drug-likeness (QED) is 0.721. The first-order chi connectivity index (χ1) is 13.0. The molecule has 0 unspecified atom stereocenters. The standard InChI is InChI=1S/C21H24BrNO4/c1-2-27-17-6-3-15(4-7-17)21(9-11-26-12-10-21)14-23-20(25)18-13-16(22)5-8-19(18)24/h3-8,13,24H,2,9-12,14H2,1H3,(H,23,25). The Morgan fingerprint density at radius 1 is 1.22 bits per heavy atom. The first kappa shape index (κ1) is 19.7. The van der Waals surface area contributed by atoms with Gasteiger partial charge in [-0.1, -0.05) is 28.1 Å². The number of hydrogen-bond donors (Lipinski definition) is 2. The Balaban J connectivity index is 1.78. The Bertz CT molecular complexity index is 785. The lowest BCUT2D eigenvalue weighted by Crippen LogP contribution is -2.44. The van der Waals surface area contributed by atoms with Crippen LogP contribution in [0.2, 0.25) is 0 Å². The molecule has 0 spiro atoms. The fourth-order valence-electron chi connectivity index (χ4n) is 3.44. The zero-order valence-corrected chi connectivity index (χ0v) is 16.9. The SMILES string of the molecule is CCOc1ccc(C2(CNC(=O)c3cc(Br)ccc3O)CCOCC2)cc1. The van der Waals surface area contributed by atoms with E-state index >= 15 is 0 Å². The average molecular weight is 434 g/mol. The van der Waals surface area contributed by atoms with Gasteiger partial charge in [0, 0.05) is 29.6 Å². The molecule has 3 rings (SSSR count). The van der Waals surface area contributed by atoms with Crippen LogP contribution in [0.5, 0.6) is 11.5 Å². The highest BCUT2D eigenvalue weighted by Crippen LogP contribution is 2.35. The van der Waals surface area contributed by atoms with E-state index in [1.807, 2.05) is 19.1 Å². The van der Waals surface area contributed by atoms with Gasteiger partial charge in [-0.05, 0) is 55.7 Å². The van der Waals surface area contributed by atoms with Crippen molar-refractivity contribution in [2.45, 2.75) is 25.2 Å². The summed E-state index contributed by atoms with van der Waals surface area (Å²) in [7, 11) is 0. The second-order valence-corrected chi connectivity index (χ2v) is 7.61. The van der Waals surface area contributed by atoms with Crippen LogP contribution < -0.4 is 10.1 Å². The van der Waals surface area contributed by atoms with E-state index in [0.717, 1.165) is 28.6 Å². The minimum Gasteiger partial charge on any atom is -0.507 e. The third kappa shape index (κ3) is 4.62. The van der Waals surface area contributed by atoms with Crippen molar-refractivity contribution in [2.24, 2.45) is 0 Å². The number of rotatable bonds is 6. The molecule has 1 fully saturated rings. The van der Waals surface area contributed by atoms with Gasteiger partial charge < -0.3 is 19.9 Å². The molecule has 6 heteroatoms. The first-order valence-corrected chi connectivity index (χ1v) is 9.91. The van der Waals surface area contributed by atoms with E-state index < -0.39 is 0 Å². The van der Waals surface area contributed by atoms with Gasteiger partial charge in [0.2, 0.25) is 0 Å². The molecule has 0 bridgehead atoms. The van der Waals surface area contributed by atoms with Crippen LogP contribution in [-0.4, -0.2) is 37.4 Å². The molecule has 2 N–H and O–H groups in total. The molecule has 0 aliphatic carbocycles. The normalized spacial score (nSPS) is 15.9. The zero-order valence-electron chi connectivity index (χ0n) is 15.3. The fourth-order valence-corrected chi connectivity index (χ4v) is 3.80. The second-order valence-electron chi connectivity index (χ2n) is 6.69. The number of nitrogens with one attached hydrogen (secondary N) is 1. The van der Waals surface area contributed by atoms with Gasteiger partial charge in [0.15, 0.2) is 0 Å². The molecular weight excluding hydrogens is 410 g/mol. The summed E-state index contributed by atoms with van der Waals surface area (Å²) in [4.78, 5) is 12.6. The minimum absolute atomic E-state index is 0.0298. The maximum Gasteiger partial charge on any atom is 0.255 e. The molecule has 0 atom stereocenters. The molecular formula is C21H24BrNO4. The van der Waals surface area contributed by atoms with Gasteiger partial charge in [-0.25, -0.2) is 0 Å². The summed E-state index contributed by atoms with van der Waals surface area (Å²) in [5.41, 5.74) is 1.23. The molecule has 27 heavy (non-hydrogen) atoms. The number of hydrogen-bond acceptors (Lipinski definition) is 4. The van der Waals surface area contributed by atoms with Crippen LogP contribution in [0, 0.1) is 0 Å². The molecule has 0 aromatic heterocycles. The van der Waals surface area contributed by atoms with Crippen LogP contribution in [0.25, 0.3) is 0 Å². The van der Waals surface area contributed by atoms with Crippen LogP contribution in [0.3, 0.4) is 0 Å². The summed E-state index contributed by atoms with van der Waals surface area (Å²) in [5.74, 6) is 0.523. The molecule has 5 nitrogen and oxygen atoms in total. The Kier molecular flexibility index (Phi) is 6.39. The summed E-state index contributed by atoms with van der Waals surface area (Å²) in [6, 6.07) is 12.9. The second kappa shape index (κ2) is 8.76. The van der Waals surface area contributed by atoms with E-state index in [-0.39, 0.29) is 22.6 Å². The molecule has 1 heterocycles. The zero-order chi connectivity index (χ0) is 19.3. The molecule has 0 saturated carbocycles. The van der Waals surface area contributed by atoms with Crippen molar-refractivity contribution in [3.05, 3.63) is 58.1 Å². The number of aromatic hydroxyl groups is 1. The average Bonchev–Trinajstić information content (AvgIpc) is 2.69. The van der Waals surface area contributed by atoms with E-state index in [2.05, 4.69) is 33.4 Å². The van der Waals surface area contributed by atoms with E-state index in [9.17, 15) is 9.90 Å². The maximum absolute atomic E-state index is 12.6. The summed E-state index contributed by atoms with van der Waals surface area (Å²) in [5, 5.41) is 13.0. The van der Waals surface area contributed by atoms with Crippen molar-refractivity contribution in [3.63, 3.8) is 0 Å². The molecule has 0 radical (unpaired) electrons. The van der Waals surface area contributed by atoms with Crippen molar-refractivity contribution in [1.29, 1.82) is 0 Å². The summed E-state index contributed by atoms with van der Waals surface area (Å²) >= 11 is 3.34. The number of carbonyl (C=O) groups is 1. The van der Waals surface area contributed by atoms with Crippen LogP contribution in [0.4, 0.5) is 0 Å². The van der Waals surface area contributed by atoms with Gasteiger partial charge in [0.25, 0.3) is 5.91 Å². The Morgan fingerprint density at radius 3 is 2.59 bits per heavy atom. The molecule has 1 aliphatic rings. The molecule has 1 aliphatic heterocycles. The van der Waals surface area contributed by atoms with Gasteiger partial charge in [0.1, 0.15) is 11.5 Å².